The molecule has 0 spiro atoms. The van der Waals surface area contributed by atoms with Gasteiger partial charge < -0.3 is 16.2 Å². The van der Waals surface area contributed by atoms with Gasteiger partial charge in [0.05, 0.1) is 5.69 Å². The Hall–Kier alpha value is -2.56. The van der Waals surface area contributed by atoms with Crippen molar-refractivity contribution in [2.75, 3.05) is 5.73 Å². The summed E-state index contributed by atoms with van der Waals surface area (Å²) >= 11 is 0. The van der Waals surface area contributed by atoms with Gasteiger partial charge in [-0.05, 0) is 36.1 Å². The van der Waals surface area contributed by atoms with Crippen LogP contribution in [0, 0.1) is 11.3 Å². The third-order valence-corrected chi connectivity index (χ3v) is 3.25. The fourth-order valence-corrected chi connectivity index (χ4v) is 2.26. The zero-order valence-corrected chi connectivity index (χ0v) is 13.0. The summed E-state index contributed by atoms with van der Waals surface area (Å²) in [5.41, 5.74) is 14.7. The standard InChI is InChI=1S/C17H22N4O/c1-11(2)6-13-7-14(17(19)20)16(18)15(8-13)22-10-12-4-3-5-21-9-12/h3-5,7-9,11H,6,10,18H2,1-2H3,(H3,19,20). The van der Waals surface area contributed by atoms with E-state index in [1.165, 1.54) is 0 Å². The number of aromatic nitrogens is 1. The molecule has 0 aliphatic carbocycles. The van der Waals surface area contributed by atoms with Crippen LogP contribution in [0.5, 0.6) is 5.75 Å². The highest BCUT2D eigenvalue weighted by molar-refractivity contribution is 6.01. The van der Waals surface area contributed by atoms with Gasteiger partial charge in [0, 0.05) is 23.5 Å². The number of nitrogens with one attached hydrogen (secondary N) is 1. The van der Waals surface area contributed by atoms with Crippen molar-refractivity contribution in [2.45, 2.75) is 26.9 Å². The average molecular weight is 298 g/mol. The molecule has 2 rings (SSSR count). The van der Waals surface area contributed by atoms with Crippen molar-refractivity contribution in [3.8, 4) is 5.75 Å². The maximum atomic E-state index is 7.68. The van der Waals surface area contributed by atoms with Crippen molar-refractivity contribution in [1.82, 2.24) is 4.98 Å². The smallest absolute Gasteiger partial charge is 0.143 e. The number of rotatable bonds is 6. The zero-order chi connectivity index (χ0) is 16.1. The SMILES string of the molecule is CC(C)Cc1cc(OCc2cccnc2)c(N)c(C(=N)N)c1. The number of hydrogen-bond donors (Lipinski definition) is 3. The summed E-state index contributed by atoms with van der Waals surface area (Å²) in [6, 6.07) is 7.60. The minimum Gasteiger partial charge on any atom is -0.487 e. The number of amidine groups is 1. The van der Waals surface area contributed by atoms with E-state index >= 15 is 0 Å². The number of ether oxygens (including phenoxy) is 1. The number of nitrogens with zero attached hydrogens (tertiary/aromatic N) is 1. The van der Waals surface area contributed by atoms with Crippen molar-refractivity contribution in [2.24, 2.45) is 11.7 Å². The molecule has 0 unspecified atom stereocenters. The Morgan fingerprint density at radius 3 is 2.68 bits per heavy atom. The van der Waals surface area contributed by atoms with Gasteiger partial charge in [-0.25, -0.2) is 0 Å². The Labute approximate surface area is 130 Å². The molecule has 0 aliphatic rings. The van der Waals surface area contributed by atoms with Crippen LogP contribution in [0.3, 0.4) is 0 Å². The predicted octanol–water partition coefficient (Wildman–Crippen LogP) is 2.73. The topological polar surface area (TPSA) is 98.0 Å². The number of anilines is 1. The van der Waals surface area contributed by atoms with Gasteiger partial charge in [0.25, 0.3) is 0 Å². The predicted molar refractivity (Wildman–Crippen MR) is 89.0 cm³/mol. The van der Waals surface area contributed by atoms with E-state index in [0.717, 1.165) is 17.5 Å². The van der Waals surface area contributed by atoms with Gasteiger partial charge >= 0.3 is 0 Å². The fourth-order valence-electron chi connectivity index (χ4n) is 2.26. The van der Waals surface area contributed by atoms with Crippen LogP contribution in [-0.2, 0) is 13.0 Å². The molecule has 1 aromatic carbocycles. The van der Waals surface area contributed by atoms with Gasteiger partial charge in [-0.1, -0.05) is 19.9 Å². The Balaban J connectivity index is 2.28. The first-order valence-electron chi connectivity index (χ1n) is 7.26. The third kappa shape index (κ3) is 3.97. The van der Waals surface area contributed by atoms with E-state index < -0.39 is 0 Å². The quantitative estimate of drug-likeness (QED) is 0.434. The monoisotopic (exact) mass is 298 g/mol. The summed E-state index contributed by atoms with van der Waals surface area (Å²) < 4.78 is 5.82. The third-order valence-electron chi connectivity index (χ3n) is 3.25. The molecule has 0 fully saturated rings. The summed E-state index contributed by atoms with van der Waals surface area (Å²) in [6.45, 7) is 4.65. The molecule has 0 saturated carbocycles. The second kappa shape index (κ2) is 6.93. The molecule has 22 heavy (non-hydrogen) atoms. The van der Waals surface area contributed by atoms with Crippen LogP contribution in [0.2, 0.25) is 0 Å². The Kier molecular flexibility index (Phi) is 4.99. The van der Waals surface area contributed by atoms with E-state index in [1.54, 1.807) is 12.4 Å². The molecule has 0 bridgehead atoms. The number of nitrogens with two attached hydrogens (primary N) is 2. The van der Waals surface area contributed by atoms with Crippen LogP contribution in [-0.4, -0.2) is 10.8 Å². The molecular formula is C17H22N4O. The lowest BCUT2D eigenvalue weighted by Gasteiger charge is -2.15. The van der Waals surface area contributed by atoms with Crippen molar-refractivity contribution >= 4 is 11.5 Å². The lowest BCUT2D eigenvalue weighted by Crippen LogP contribution is -2.15. The van der Waals surface area contributed by atoms with Gasteiger partial charge in [-0.3, -0.25) is 10.4 Å². The highest BCUT2D eigenvalue weighted by Gasteiger charge is 2.12. The van der Waals surface area contributed by atoms with Gasteiger partial charge in [-0.15, -0.1) is 0 Å². The summed E-state index contributed by atoms with van der Waals surface area (Å²) in [5.74, 6) is 1.01. The summed E-state index contributed by atoms with van der Waals surface area (Å²) in [5, 5.41) is 7.68. The summed E-state index contributed by atoms with van der Waals surface area (Å²) in [7, 11) is 0. The van der Waals surface area contributed by atoms with E-state index in [-0.39, 0.29) is 5.84 Å². The van der Waals surface area contributed by atoms with E-state index in [9.17, 15) is 0 Å². The largest absolute Gasteiger partial charge is 0.487 e. The van der Waals surface area contributed by atoms with E-state index in [0.29, 0.717) is 29.5 Å². The molecular weight excluding hydrogens is 276 g/mol. The minimum atomic E-state index is -0.0469. The molecule has 0 amide bonds. The first-order chi connectivity index (χ1) is 10.5. The molecule has 116 valence electrons. The minimum absolute atomic E-state index is 0.0469. The maximum absolute atomic E-state index is 7.68. The van der Waals surface area contributed by atoms with Gasteiger partial charge in [0.15, 0.2) is 0 Å². The van der Waals surface area contributed by atoms with Crippen molar-refractivity contribution in [3.63, 3.8) is 0 Å². The first kappa shape index (κ1) is 15.8. The molecule has 5 N–H and O–H groups in total. The van der Waals surface area contributed by atoms with Gasteiger partial charge in [0.1, 0.15) is 18.2 Å². The second-order valence-electron chi connectivity index (χ2n) is 5.72. The van der Waals surface area contributed by atoms with Gasteiger partial charge in [-0.2, -0.15) is 0 Å². The molecule has 0 saturated heterocycles. The fraction of sp³-hybridized carbons (Fsp3) is 0.294. The number of pyridine rings is 1. The molecule has 5 heteroatoms. The van der Waals surface area contributed by atoms with Crippen LogP contribution < -0.4 is 16.2 Å². The Morgan fingerprint density at radius 2 is 2.09 bits per heavy atom. The van der Waals surface area contributed by atoms with Crippen LogP contribution in [0.4, 0.5) is 5.69 Å². The van der Waals surface area contributed by atoms with Crippen LogP contribution >= 0.6 is 0 Å². The lowest BCUT2D eigenvalue weighted by atomic mass is 9.99. The van der Waals surface area contributed by atoms with Crippen LogP contribution in [0.25, 0.3) is 0 Å². The average Bonchev–Trinajstić information content (AvgIpc) is 2.47. The molecule has 0 aliphatic heterocycles. The van der Waals surface area contributed by atoms with Crippen molar-refractivity contribution in [1.29, 1.82) is 5.41 Å². The second-order valence-corrected chi connectivity index (χ2v) is 5.72. The summed E-state index contributed by atoms with van der Waals surface area (Å²) in [4.78, 5) is 4.06. The lowest BCUT2D eigenvalue weighted by molar-refractivity contribution is 0.307. The van der Waals surface area contributed by atoms with Crippen LogP contribution in [0.15, 0.2) is 36.7 Å². The van der Waals surface area contributed by atoms with E-state index in [2.05, 4.69) is 18.8 Å². The molecule has 1 heterocycles. The highest BCUT2D eigenvalue weighted by atomic mass is 16.5. The molecule has 0 atom stereocenters. The molecule has 5 nitrogen and oxygen atoms in total. The highest BCUT2D eigenvalue weighted by Crippen LogP contribution is 2.29. The zero-order valence-electron chi connectivity index (χ0n) is 13.0. The molecule has 2 aromatic rings. The van der Waals surface area contributed by atoms with E-state index in [4.69, 9.17) is 21.6 Å². The van der Waals surface area contributed by atoms with Gasteiger partial charge in [0.2, 0.25) is 0 Å². The number of hydrogen-bond acceptors (Lipinski definition) is 4. The number of nitrogen functional groups attached to an aromatic ring is 2. The molecule has 1 aromatic heterocycles. The number of benzene rings is 1. The first-order valence-corrected chi connectivity index (χ1v) is 7.26. The molecule has 0 radical (unpaired) electrons. The van der Waals surface area contributed by atoms with E-state index in [1.807, 2.05) is 24.3 Å². The Morgan fingerprint density at radius 1 is 1.32 bits per heavy atom. The normalized spacial score (nSPS) is 10.7. The Bertz CT molecular complexity index is 653. The van der Waals surface area contributed by atoms with Crippen molar-refractivity contribution in [3.05, 3.63) is 53.3 Å². The van der Waals surface area contributed by atoms with Crippen LogP contribution in [0.1, 0.15) is 30.5 Å². The maximum Gasteiger partial charge on any atom is 0.143 e. The summed E-state index contributed by atoms with van der Waals surface area (Å²) in [6.07, 6.45) is 4.35. The van der Waals surface area contributed by atoms with Crippen molar-refractivity contribution < 1.29 is 4.74 Å².